The molecule has 0 saturated carbocycles. The standard InChI is InChI=1S/C23H25N5O2/c1-26-13-18-10-16(12-24-23(18)25-21(29)15-26)8-9-22(30)27(2)14-19-11-17-6-4-5-7-20(17)28(19)3/h4-12H,13-15H2,1-3H3,(H,24,25,29). The summed E-state index contributed by atoms with van der Waals surface area (Å²) in [6, 6.07) is 12.3. The van der Waals surface area contributed by atoms with Crippen molar-refractivity contribution < 1.29 is 9.59 Å². The number of carbonyl (C=O) groups excluding carboxylic acids is 2. The molecule has 0 spiro atoms. The molecule has 1 N–H and O–H groups in total. The normalized spacial score (nSPS) is 14.6. The van der Waals surface area contributed by atoms with Crippen molar-refractivity contribution in [2.24, 2.45) is 7.05 Å². The summed E-state index contributed by atoms with van der Waals surface area (Å²) >= 11 is 0. The van der Waals surface area contributed by atoms with Crippen molar-refractivity contribution in [1.82, 2.24) is 19.4 Å². The average molecular weight is 403 g/mol. The highest BCUT2D eigenvalue weighted by Crippen LogP contribution is 2.21. The van der Waals surface area contributed by atoms with E-state index in [1.54, 1.807) is 30.3 Å². The molecule has 7 nitrogen and oxygen atoms in total. The lowest BCUT2D eigenvalue weighted by atomic mass is 10.1. The summed E-state index contributed by atoms with van der Waals surface area (Å²) in [5.41, 5.74) is 3.98. The van der Waals surface area contributed by atoms with Crippen molar-refractivity contribution >= 4 is 34.6 Å². The van der Waals surface area contributed by atoms with Crippen LogP contribution in [-0.4, -0.2) is 51.8 Å². The smallest absolute Gasteiger partial charge is 0.246 e. The predicted octanol–water partition coefficient (Wildman–Crippen LogP) is 2.63. The SMILES string of the molecule is CN1CC(=O)Nc2ncc(C=CC(=O)N(C)Cc3cc4ccccc4n3C)cc2C1. The minimum absolute atomic E-state index is 0.0721. The third-order valence-corrected chi connectivity index (χ3v) is 5.34. The zero-order valence-corrected chi connectivity index (χ0v) is 17.4. The first-order valence-corrected chi connectivity index (χ1v) is 9.84. The number of pyridine rings is 1. The number of hydrogen-bond acceptors (Lipinski definition) is 4. The fraction of sp³-hybridized carbons (Fsp3) is 0.261. The van der Waals surface area contributed by atoms with Gasteiger partial charge in [0.1, 0.15) is 5.82 Å². The van der Waals surface area contributed by atoms with Gasteiger partial charge in [0.05, 0.1) is 13.1 Å². The summed E-state index contributed by atoms with van der Waals surface area (Å²) < 4.78 is 2.12. The largest absolute Gasteiger partial charge is 0.346 e. The molecule has 0 unspecified atom stereocenters. The first-order valence-electron chi connectivity index (χ1n) is 9.84. The van der Waals surface area contributed by atoms with Gasteiger partial charge < -0.3 is 14.8 Å². The Morgan fingerprint density at radius 1 is 1.23 bits per heavy atom. The third-order valence-electron chi connectivity index (χ3n) is 5.34. The molecule has 0 radical (unpaired) electrons. The molecule has 2 aromatic heterocycles. The monoisotopic (exact) mass is 403 g/mol. The number of benzene rings is 1. The van der Waals surface area contributed by atoms with Gasteiger partial charge in [-0.15, -0.1) is 0 Å². The summed E-state index contributed by atoms with van der Waals surface area (Å²) in [5.74, 6) is 0.429. The predicted molar refractivity (Wildman–Crippen MR) is 118 cm³/mol. The van der Waals surface area contributed by atoms with Crippen LogP contribution in [0.1, 0.15) is 16.8 Å². The molecule has 0 bridgehead atoms. The summed E-state index contributed by atoms with van der Waals surface area (Å²) in [7, 11) is 5.70. The van der Waals surface area contributed by atoms with Gasteiger partial charge in [-0.1, -0.05) is 18.2 Å². The lowest BCUT2D eigenvalue weighted by Crippen LogP contribution is -2.26. The lowest BCUT2D eigenvalue weighted by molar-refractivity contribution is -0.125. The molecule has 30 heavy (non-hydrogen) atoms. The van der Waals surface area contributed by atoms with Crippen molar-refractivity contribution in [3.63, 3.8) is 0 Å². The molecule has 1 aliphatic heterocycles. The van der Waals surface area contributed by atoms with Crippen LogP contribution in [-0.2, 0) is 29.7 Å². The number of nitrogens with zero attached hydrogens (tertiary/aromatic N) is 4. The van der Waals surface area contributed by atoms with Crippen molar-refractivity contribution in [2.45, 2.75) is 13.1 Å². The van der Waals surface area contributed by atoms with Gasteiger partial charge in [0.25, 0.3) is 0 Å². The van der Waals surface area contributed by atoms with E-state index in [-0.39, 0.29) is 11.8 Å². The number of aryl methyl sites for hydroxylation is 1. The molecule has 0 atom stereocenters. The summed E-state index contributed by atoms with van der Waals surface area (Å²) in [6.45, 7) is 1.48. The van der Waals surface area contributed by atoms with E-state index >= 15 is 0 Å². The van der Waals surface area contributed by atoms with Crippen molar-refractivity contribution in [3.8, 4) is 0 Å². The zero-order valence-electron chi connectivity index (χ0n) is 17.4. The Morgan fingerprint density at radius 2 is 2.03 bits per heavy atom. The van der Waals surface area contributed by atoms with E-state index in [4.69, 9.17) is 0 Å². The number of para-hydroxylation sites is 1. The number of rotatable bonds is 4. The Labute approximate surface area is 175 Å². The molecule has 0 aliphatic carbocycles. The molecular formula is C23H25N5O2. The van der Waals surface area contributed by atoms with E-state index in [0.29, 0.717) is 25.5 Å². The molecule has 0 saturated heterocycles. The first kappa shape index (κ1) is 19.8. The fourth-order valence-corrected chi connectivity index (χ4v) is 3.73. The number of fused-ring (bicyclic) bond motifs is 2. The Bertz CT molecular complexity index is 1150. The van der Waals surface area contributed by atoms with E-state index < -0.39 is 0 Å². The van der Waals surface area contributed by atoms with E-state index in [1.807, 2.05) is 37.2 Å². The van der Waals surface area contributed by atoms with Crippen LogP contribution in [0.15, 0.2) is 48.7 Å². The molecule has 1 aromatic carbocycles. The van der Waals surface area contributed by atoms with Gasteiger partial charge in [-0.05, 0) is 42.3 Å². The molecule has 0 fully saturated rings. The minimum Gasteiger partial charge on any atom is -0.346 e. The second kappa shape index (κ2) is 8.12. The quantitative estimate of drug-likeness (QED) is 0.680. The van der Waals surface area contributed by atoms with Crippen LogP contribution in [0.2, 0.25) is 0 Å². The van der Waals surface area contributed by atoms with E-state index in [0.717, 1.165) is 22.3 Å². The van der Waals surface area contributed by atoms with E-state index in [1.165, 1.54) is 5.39 Å². The maximum atomic E-state index is 12.6. The maximum Gasteiger partial charge on any atom is 0.246 e. The van der Waals surface area contributed by atoms with Crippen LogP contribution in [0.5, 0.6) is 0 Å². The fourth-order valence-electron chi connectivity index (χ4n) is 3.73. The third kappa shape index (κ3) is 4.11. The second-order valence-electron chi connectivity index (χ2n) is 7.78. The van der Waals surface area contributed by atoms with Crippen LogP contribution in [0, 0.1) is 0 Å². The van der Waals surface area contributed by atoms with Crippen LogP contribution in [0.25, 0.3) is 17.0 Å². The Hall–Kier alpha value is -3.45. The highest BCUT2D eigenvalue weighted by atomic mass is 16.2. The van der Waals surface area contributed by atoms with Gasteiger partial charge in [0.15, 0.2) is 0 Å². The second-order valence-corrected chi connectivity index (χ2v) is 7.78. The molecule has 1 aliphatic rings. The molecular weight excluding hydrogens is 378 g/mol. The van der Waals surface area contributed by atoms with Crippen molar-refractivity contribution in [3.05, 3.63) is 65.5 Å². The summed E-state index contributed by atoms with van der Waals surface area (Å²) in [5, 5.41) is 3.98. The number of carbonyl (C=O) groups is 2. The molecule has 154 valence electrons. The van der Waals surface area contributed by atoms with Gasteiger partial charge in [-0.3, -0.25) is 14.5 Å². The molecule has 3 aromatic rings. The molecule has 4 rings (SSSR count). The van der Waals surface area contributed by atoms with Gasteiger partial charge >= 0.3 is 0 Å². The molecule has 3 heterocycles. The van der Waals surface area contributed by atoms with Crippen LogP contribution >= 0.6 is 0 Å². The van der Waals surface area contributed by atoms with Gasteiger partial charge in [0.2, 0.25) is 11.8 Å². The van der Waals surface area contributed by atoms with Gasteiger partial charge in [0, 0.05) is 49.7 Å². The van der Waals surface area contributed by atoms with E-state index in [9.17, 15) is 9.59 Å². The maximum absolute atomic E-state index is 12.6. The number of hydrogen-bond donors (Lipinski definition) is 1. The average Bonchev–Trinajstić information content (AvgIpc) is 2.94. The number of anilines is 1. The molecule has 7 heteroatoms. The zero-order chi connectivity index (χ0) is 21.3. The lowest BCUT2D eigenvalue weighted by Gasteiger charge is -2.16. The highest BCUT2D eigenvalue weighted by molar-refractivity contribution is 5.93. The number of nitrogens with one attached hydrogen (secondary N) is 1. The van der Waals surface area contributed by atoms with E-state index in [2.05, 4.69) is 33.1 Å². The Kier molecular flexibility index (Phi) is 5.37. The number of likely N-dealkylation sites (N-methyl/N-ethyl adjacent to an activating group) is 2. The van der Waals surface area contributed by atoms with Crippen LogP contribution in [0.4, 0.5) is 5.82 Å². The topological polar surface area (TPSA) is 70.5 Å². The minimum atomic E-state index is -0.0828. The van der Waals surface area contributed by atoms with Gasteiger partial charge in [-0.25, -0.2) is 4.98 Å². The van der Waals surface area contributed by atoms with Crippen LogP contribution in [0.3, 0.4) is 0 Å². The van der Waals surface area contributed by atoms with Crippen molar-refractivity contribution in [2.75, 3.05) is 26.0 Å². The first-order chi connectivity index (χ1) is 14.4. The molecule has 2 amide bonds. The Morgan fingerprint density at radius 3 is 2.83 bits per heavy atom. The van der Waals surface area contributed by atoms with Gasteiger partial charge in [-0.2, -0.15) is 0 Å². The van der Waals surface area contributed by atoms with Crippen LogP contribution < -0.4 is 5.32 Å². The van der Waals surface area contributed by atoms with Crippen molar-refractivity contribution in [1.29, 1.82) is 0 Å². The summed E-state index contributed by atoms with van der Waals surface area (Å²) in [6.07, 6.45) is 4.99. The summed E-state index contributed by atoms with van der Waals surface area (Å²) in [4.78, 5) is 32.4. The number of amides is 2. The highest BCUT2D eigenvalue weighted by Gasteiger charge is 2.17. The number of aromatic nitrogens is 2. The Balaban J connectivity index is 1.46.